The van der Waals surface area contributed by atoms with Gasteiger partial charge in [0, 0.05) is 0 Å². The smallest absolute Gasteiger partial charge is 0.408 e. The first-order chi connectivity index (χ1) is 10.6. The van der Waals surface area contributed by atoms with Gasteiger partial charge in [0.25, 0.3) is 0 Å². The lowest BCUT2D eigenvalue weighted by molar-refractivity contribution is -0.308. The van der Waals surface area contributed by atoms with Gasteiger partial charge < -0.3 is 20.0 Å². The summed E-state index contributed by atoms with van der Waals surface area (Å²) in [7, 11) is 0. The number of amides is 1. The maximum atomic E-state index is 11.7. The summed E-state index contributed by atoms with van der Waals surface area (Å²) < 4.78 is 5.01. The predicted octanol–water partition coefficient (Wildman–Crippen LogP) is 1.27. The number of hydrogen-bond acceptors (Lipinski definition) is 4. The molecule has 0 unspecified atom stereocenters. The van der Waals surface area contributed by atoms with Crippen LogP contribution in [0.25, 0.3) is 0 Å². The molecule has 2 rings (SSSR count). The predicted molar refractivity (Wildman–Crippen MR) is 78.7 cm³/mol. The molecule has 0 radical (unpaired) electrons. The van der Waals surface area contributed by atoms with Gasteiger partial charge in [0.1, 0.15) is 6.61 Å². The van der Waals surface area contributed by atoms with Gasteiger partial charge >= 0.3 is 6.09 Å². The third-order valence-electron chi connectivity index (χ3n) is 3.07. The summed E-state index contributed by atoms with van der Waals surface area (Å²) in [4.78, 5) is 22.8. The van der Waals surface area contributed by atoms with E-state index < -0.39 is 18.1 Å². The summed E-state index contributed by atoms with van der Waals surface area (Å²) in [5, 5.41) is 13.4. The first-order valence-corrected chi connectivity index (χ1v) is 6.87. The molecule has 1 N–H and O–H groups in total. The standard InChI is InChI=1S/C17H17NO4/c19-16(20)15(11-13-7-3-1-4-8-13)18-17(21)22-12-14-9-5-2-6-10-14/h1-10,15H,11-12H2,(H,18,21)(H,19,20)/p-1/t15-/m1/s1. The molecule has 114 valence electrons. The number of carbonyl (C=O) groups is 2. The Morgan fingerprint density at radius 3 is 2.05 bits per heavy atom. The molecule has 0 aliphatic rings. The van der Waals surface area contributed by atoms with Gasteiger partial charge in [-0.3, -0.25) is 0 Å². The second kappa shape index (κ2) is 7.83. The lowest BCUT2D eigenvalue weighted by Crippen LogP contribution is -2.49. The zero-order valence-corrected chi connectivity index (χ0v) is 11.9. The second-order valence-electron chi connectivity index (χ2n) is 4.77. The Morgan fingerprint density at radius 1 is 0.955 bits per heavy atom. The van der Waals surface area contributed by atoms with Gasteiger partial charge in [-0.05, 0) is 17.5 Å². The molecule has 0 aromatic heterocycles. The molecule has 5 heteroatoms. The van der Waals surface area contributed by atoms with Crippen LogP contribution >= 0.6 is 0 Å². The van der Waals surface area contributed by atoms with E-state index >= 15 is 0 Å². The van der Waals surface area contributed by atoms with E-state index in [0.29, 0.717) is 0 Å². The fourth-order valence-electron chi connectivity index (χ4n) is 1.95. The van der Waals surface area contributed by atoms with E-state index in [0.717, 1.165) is 11.1 Å². The van der Waals surface area contributed by atoms with Crippen LogP contribution in [0, 0.1) is 0 Å². The summed E-state index contributed by atoms with van der Waals surface area (Å²) in [6, 6.07) is 17.0. The molecule has 0 heterocycles. The van der Waals surface area contributed by atoms with Crippen LogP contribution in [0.1, 0.15) is 11.1 Å². The number of benzene rings is 2. The molecule has 22 heavy (non-hydrogen) atoms. The SMILES string of the molecule is O=C(N[C@H](Cc1ccccc1)C(=O)[O-])OCc1ccccc1. The van der Waals surface area contributed by atoms with E-state index in [4.69, 9.17) is 4.74 Å². The lowest BCUT2D eigenvalue weighted by Gasteiger charge is -2.19. The molecule has 1 atom stereocenters. The van der Waals surface area contributed by atoms with Crippen LogP contribution in [0.2, 0.25) is 0 Å². The molecule has 0 aliphatic heterocycles. The normalized spacial score (nSPS) is 11.5. The van der Waals surface area contributed by atoms with Gasteiger partial charge in [-0.15, -0.1) is 0 Å². The monoisotopic (exact) mass is 298 g/mol. The molecule has 0 aliphatic carbocycles. The van der Waals surface area contributed by atoms with Gasteiger partial charge in [-0.1, -0.05) is 60.7 Å². The zero-order valence-electron chi connectivity index (χ0n) is 11.9. The van der Waals surface area contributed by atoms with Crippen molar-refractivity contribution in [2.45, 2.75) is 19.1 Å². The van der Waals surface area contributed by atoms with Crippen LogP contribution in [-0.2, 0) is 22.6 Å². The second-order valence-corrected chi connectivity index (χ2v) is 4.77. The van der Waals surface area contributed by atoms with Crippen molar-refractivity contribution >= 4 is 12.1 Å². The number of aliphatic carboxylic acids is 1. The minimum Gasteiger partial charge on any atom is -0.548 e. The number of carboxylic acid groups (broad SMARTS) is 1. The van der Waals surface area contributed by atoms with Crippen molar-refractivity contribution < 1.29 is 19.4 Å². The van der Waals surface area contributed by atoms with E-state index in [1.807, 2.05) is 36.4 Å². The average molecular weight is 298 g/mol. The van der Waals surface area contributed by atoms with Gasteiger partial charge in [0.05, 0.1) is 12.0 Å². The average Bonchev–Trinajstić information content (AvgIpc) is 2.54. The minimum atomic E-state index is -1.35. The highest BCUT2D eigenvalue weighted by Crippen LogP contribution is 2.04. The Balaban J connectivity index is 1.88. The largest absolute Gasteiger partial charge is 0.548 e. The number of carboxylic acids is 1. The third-order valence-corrected chi connectivity index (χ3v) is 3.07. The van der Waals surface area contributed by atoms with Crippen molar-refractivity contribution in [3.05, 3.63) is 71.8 Å². The van der Waals surface area contributed by atoms with Crippen LogP contribution in [0.15, 0.2) is 60.7 Å². The van der Waals surface area contributed by atoms with Crippen molar-refractivity contribution in [1.82, 2.24) is 5.32 Å². The Bertz CT molecular complexity index is 613. The Morgan fingerprint density at radius 2 is 1.50 bits per heavy atom. The first kappa shape index (κ1) is 15.6. The van der Waals surface area contributed by atoms with Crippen LogP contribution in [0.5, 0.6) is 0 Å². The summed E-state index contributed by atoms with van der Waals surface area (Å²) in [6.45, 7) is 0.0811. The number of rotatable bonds is 6. The Labute approximate surface area is 128 Å². The maximum Gasteiger partial charge on any atom is 0.408 e. The van der Waals surface area contributed by atoms with E-state index in [-0.39, 0.29) is 13.0 Å². The van der Waals surface area contributed by atoms with E-state index in [9.17, 15) is 14.7 Å². The molecular formula is C17H16NO4-. The first-order valence-electron chi connectivity index (χ1n) is 6.87. The molecule has 0 fully saturated rings. The summed E-state index contributed by atoms with van der Waals surface area (Å²) in [5.74, 6) is -1.35. The Kier molecular flexibility index (Phi) is 5.54. The fraction of sp³-hybridized carbons (Fsp3) is 0.176. The van der Waals surface area contributed by atoms with Crippen molar-refractivity contribution in [3.63, 3.8) is 0 Å². The minimum absolute atomic E-state index is 0.0811. The Hall–Kier alpha value is -2.82. The van der Waals surface area contributed by atoms with Crippen molar-refractivity contribution in [3.8, 4) is 0 Å². The third kappa shape index (κ3) is 4.94. The van der Waals surface area contributed by atoms with E-state index in [1.165, 1.54) is 0 Å². The van der Waals surface area contributed by atoms with E-state index in [2.05, 4.69) is 5.32 Å². The van der Waals surface area contributed by atoms with Crippen molar-refractivity contribution in [2.24, 2.45) is 0 Å². The summed E-state index contributed by atoms with van der Waals surface area (Å²) >= 11 is 0. The summed E-state index contributed by atoms with van der Waals surface area (Å²) in [6.07, 6.45) is -0.641. The number of nitrogens with one attached hydrogen (secondary N) is 1. The van der Waals surface area contributed by atoms with Gasteiger partial charge in [-0.25, -0.2) is 4.79 Å². The number of carbonyl (C=O) groups excluding carboxylic acids is 2. The van der Waals surface area contributed by atoms with Gasteiger partial charge in [-0.2, -0.15) is 0 Å². The van der Waals surface area contributed by atoms with E-state index in [1.54, 1.807) is 24.3 Å². The molecule has 0 spiro atoms. The van der Waals surface area contributed by atoms with Crippen LogP contribution in [-0.4, -0.2) is 18.1 Å². The van der Waals surface area contributed by atoms with Crippen LogP contribution in [0.3, 0.4) is 0 Å². The van der Waals surface area contributed by atoms with Crippen molar-refractivity contribution in [1.29, 1.82) is 0 Å². The highest BCUT2D eigenvalue weighted by Gasteiger charge is 2.15. The highest BCUT2D eigenvalue weighted by molar-refractivity contribution is 5.78. The molecule has 0 bridgehead atoms. The fourth-order valence-corrected chi connectivity index (χ4v) is 1.95. The molecule has 5 nitrogen and oxygen atoms in total. The van der Waals surface area contributed by atoms with Crippen LogP contribution in [0.4, 0.5) is 4.79 Å². The quantitative estimate of drug-likeness (QED) is 0.871. The number of alkyl carbamates (subject to hydrolysis) is 1. The van der Waals surface area contributed by atoms with Crippen molar-refractivity contribution in [2.75, 3.05) is 0 Å². The van der Waals surface area contributed by atoms with Gasteiger partial charge in [0.2, 0.25) is 0 Å². The topological polar surface area (TPSA) is 78.5 Å². The molecule has 0 saturated heterocycles. The molecule has 2 aromatic rings. The molecule has 1 amide bonds. The maximum absolute atomic E-state index is 11.7. The number of ether oxygens (including phenoxy) is 1. The molecular weight excluding hydrogens is 282 g/mol. The highest BCUT2D eigenvalue weighted by atomic mass is 16.5. The lowest BCUT2D eigenvalue weighted by atomic mass is 10.1. The molecule has 0 saturated carbocycles. The van der Waals surface area contributed by atoms with Crippen LogP contribution < -0.4 is 10.4 Å². The zero-order chi connectivity index (χ0) is 15.8. The molecule has 2 aromatic carbocycles. The van der Waals surface area contributed by atoms with Gasteiger partial charge in [0.15, 0.2) is 0 Å². The number of hydrogen-bond donors (Lipinski definition) is 1. The summed E-state index contributed by atoms with van der Waals surface area (Å²) in [5.41, 5.74) is 1.62.